The summed E-state index contributed by atoms with van der Waals surface area (Å²) in [6.07, 6.45) is 2.44. The Morgan fingerprint density at radius 2 is 1.90 bits per heavy atom. The first-order valence-electron chi connectivity index (χ1n) is 10.5. The molecular weight excluding hydrogens is 369 g/mol. The predicted molar refractivity (Wildman–Crippen MR) is 110 cm³/mol. The SMILES string of the molecule is CCOc1ccc(C2(CNC(=O)C3CC3c3ccccc3F)CCOCC2)cc1. The zero-order valence-electron chi connectivity index (χ0n) is 16.8. The molecule has 1 saturated heterocycles. The van der Waals surface area contributed by atoms with E-state index in [4.69, 9.17) is 9.47 Å². The summed E-state index contributed by atoms with van der Waals surface area (Å²) in [4.78, 5) is 12.8. The van der Waals surface area contributed by atoms with E-state index in [1.54, 1.807) is 12.1 Å². The molecule has 2 atom stereocenters. The average Bonchev–Trinajstić information content (AvgIpc) is 3.55. The Balaban J connectivity index is 1.42. The number of carbonyl (C=O) groups is 1. The molecule has 0 bridgehead atoms. The molecule has 2 aliphatic rings. The predicted octanol–water partition coefficient (Wildman–Crippen LogP) is 4.19. The van der Waals surface area contributed by atoms with Crippen molar-refractivity contribution in [3.8, 4) is 5.75 Å². The maximum Gasteiger partial charge on any atom is 0.223 e. The highest BCUT2D eigenvalue weighted by atomic mass is 19.1. The van der Waals surface area contributed by atoms with Crippen LogP contribution in [0.5, 0.6) is 5.75 Å². The van der Waals surface area contributed by atoms with Crippen LogP contribution in [0.3, 0.4) is 0 Å². The van der Waals surface area contributed by atoms with Crippen LogP contribution in [0.1, 0.15) is 43.2 Å². The van der Waals surface area contributed by atoms with Crippen molar-refractivity contribution in [1.82, 2.24) is 5.32 Å². The number of hydrogen-bond donors (Lipinski definition) is 1. The molecule has 5 heteroatoms. The van der Waals surface area contributed by atoms with Crippen LogP contribution in [0, 0.1) is 11.7 Å². The maximum absolute atomic E-state index is 14.0. The fourth-order valence-electron chi connectivity index (χ4n) is 4.39. The lowest BCUT2D eigenvalue weighted by Gasteiger charge is -2.38. The van der Waals surface area contributed by atoms with Gasteiger partial charge in [-0.1, -0.05) is 30.3 Å². The molecule has 0 radical (unpaired) electrons. The van der Waals surface area contributed by atoms with Crippen LogP contribution in [0.15, 0.2) is 48.5 Å². The van der Waals surface area contributed by atoms with Crippen molar-refractivity contribution in [2.24, 2.45) is 5.92 Å². The topological polar surface area (TPSA) is 47.6 Å². The third-order valence-corrected chi connectivity index (χ3v) is 6.26. The van der Waals surface area contributed by atoms with Gasteiger partial charge in [-0.05, 0) is 61.4 Å². The second-order valence-corrected chi connectivity index (χ2v) is 8.04. The summed E-state index contributed by atoms with van der Waals surface area (Å²) in [5.74, 6) is 0.516. The van der Waals surface area contributed by atoms with Gasteiger partial charge >= 0.3 is 0 Å². The van der Waals surface area contributed by atoms with Crippen LogP contribution in [0.4, 0.5) is 4.39 Å². The molecule has 1 aliphatic carbocycles. The van der Waals surface area contributed by atoms with Gasteiger partial charge in [0, 0.05) is 31.1 Å². The van der Waals surface area contributed by atoms with Gasteiger partial charge in [0.2, 0.25) is 5.91 Å². The molecule has 2 aromatic rings. The molecule has 0 aromatic heterocycles. The number of hydrogen-bond acceptors (Lipinski definition) is 3. The number of rotatable bonds is 7. The number of carbonyl (C=O) groups excluding carboxylic acids is 1. The lowest BCUT2D eigenvalue weighted by molar-refractivity contribution is -0.122. The molecule has 1 heterocycles. The monoisotopic (exact) mass is 397 g/mol. The molecule has 2 aromatic carbocycles. The zero-order valence-corrected chi connectivity index (χ0v) is 16.8. The lowest BCUT2D eigenvalue weighted by Crippen LogP contribution is -2.45. The van der Waals surface area contributed by atoms with E-state index < -0.39 is 0 Å². The molecule has 2 unspecified atom stereocenters. The van der Waals surface area contributed by atoms with Gasteiger partial charge in [0.1, 0.15) is 11.6 Å². The second-order valence-electron chi connectivity index (χ2n) is 8.04. The summed E-state index contributed by atoms with van der Waals surface area (Å²) in [5.41, 5.74) is 1.71. The highest BCUT2D eigenvalue weighted by molar-refractivity contribution is 5.83. The molecule has 2 fully saturated rings. The Bertz CT molecular complexity index is 845. The summed E-state index contributed by atoms with van der Waals surface area (Å²) < 4.78 is 25.1. The number of benzene rings is 2. The van der Waals surface area contributed by atoms with Gasteiger partial charge in [-0.25, -0.2) is 4.39 Å². The lowest BCUT2D eigenvalue weighted by atomic mass is 9.74. The van der Waals surface area contributed by atoms with E-state index >= 15 is 0 Å². The first-order chi connectivity index (χ1) is 14.1. The minimum absolute atomic E-state index is 0.00712. The van der Waals surface area contributed by atoms with Gasteiger partial charge < -0.3 is 14.8 Å². The number of nitrogens with one attached hydrogen (secondary N) is 1. The van der Waals surface area contributed by atoms with Gasteiger partial charge in [0.25, 0.3) is 0 Å². The molecule has 1 amide bonds. The van der Waals surface area contributed by atoms with E-state index in [0.717, 1.165) is 18.6 Å². The first kappa shape index (κ1) is 19.9. The third kappa shape index (κ3) is 4.30. The Labute approximate surface area is 171 Å². The largest absolute Gasteiger partial charge is 0.494 e. The van der Waals surface area contributed by atoms with E-state index in [1.165, 1.54) is 11.6 Å². The Morgan fingerprint density at radius 1 is 1.17 bits per heavy atom. The zero-order chi connectivity index (χ0) is 20.3. The summed E-state index contributed by atoms with van der Waals surface area (Å²) in [7, 11) is 0. The highest BCUT2D eigenvalue weighted by Crippen LogP contribution is 2.48. The average molecular weight is 397 g/mol. The molecule has 1 aliphatic heterocycles. The van der Waals surface area contributed by atoms with Gasteiger partial charge in [-0.2, -0.15) is 0 Å². The first-order valence-corrected chi connectivity index (χ1v) is 10.5. The summed E-state index contributed by atoms with van der Waals surface area (Å²) in [5, 5.41) is 3.16. The quantitative estimate of drug-likeness (QED) is 0.762. The van der Waals surface area contributed by atoms with E-state index in [2.05, 4.69) is 17.4 Å². The fourth-order valence-corrected chi connectivity index (χ4v) is 4.39. The van der Waals surface area contributed by atoms with Gasteiger partial charge in [0.15, 0.2) is 0 Å². The van der Waals surface area contributed by atoms with Crippen molar-refractivity contribution in [1.29, 1.82) is 0 Å². The molecule has 1 saturated carbocycles. The van der Waals surface area contributed by atoms with E-state index in [9.17, 15) is 9.18 Å². The van der Waals surface area contributed by atoms with E-state index in [1.807, 2.05) is 25.1 Å². The van der Waals surface area contributed by atoms with Crippen LogP contribution in [-0.4, -0.2) is 32.3 Å². The molecular formula is C24H28FNO3. The normalized spacial score (nSPS) is 22.7. The second kappa shape index (κ2) is 8.54. The molecule has 0 spiro atoms. The van der Waals surface area contributed by atoms with Gasteiger partial charge in [-0.15, -0.1) is 0 Å². The standard InChI is InChI=1S/C24H28FNO3/c1-2-29-18-9-7-17(8-10-18)24(11-13-28-14-12-24)16-26-23(27)21-15-20(21)19-5-3-4-6-22(19)25/h3-10,20-21H,2,11-16H2,1H3,(H,26,27). The Hall–Kier alpha value is -2.40. The number of amides is 1. The molecule has 154 valence electrons. The van der Waals surface area contributed by atoms with E-state index in [0.29, 0.717) is 38.3 Å². The van der Waals surface area contributed by atoms with Gasteiger partial charge in [-0.3, -0.25) is 4.79 Å². The van der Waals surface area contributed by atoms with Crippen LogP contribution in [0.25, 0.3) is 0 Å². The van der Waals surface area contributed by atoms with Crippen molar-refractivity contribution in [3.05, 3.63) is 65.5 Å². The van der Waals surface area contributed by atoms with Crippen LogP contribution in [-0.2, 0) is 14.9 Å². The fraction of sp³-hybridized carbons (Fsp3) is 0.458. The summed E-state index contributed by atoms with van der Waals surface area (Å²) in [6, 6.07) is 14.9. The minimum Gasteiger partial charge on any atom is -0.494 e. The van der Waals surface area contributed by atoms with E-state index in [-0.39, 0.29) is 29.0 Å². The Kier molecular flexibility index (Phi) is 5.86. The van der Waals surface area contributed by atoms with Crippen molar-refractivity contribution in [2.45, 2.75) is 37.5 Å². The van der Waals surface area contributed by atoms with Crippen molar-refractivity contribution in [3.63, 3.8) is 0 Å². The molecule has 1 N–H and O–H groups in total. The maximum atomic E-state index is 14.0. The molecule has 29 heavy (non-hydrogen) atoms. The summed E-state index contributed by atoms with van der Waals surface area (Å²) in [6.45, 7) is 4.55. The molecule has 4 nitrogen and oxygen atoms in total. The van der Waals surface area contributed by atoms with Crippen LogP contribution < -0.4 is 10.1 Å². The Morgan fingerprint density at radius 3 is 2.59 bits per heavy atom. The van der Waals surface area contributed by atoms with Crippen molar-refractivity contribution in [2.75, 3.05) is 26.4 Å². The van der Waals surface area contributed by atoms with Crippen molar-refractivity contribution >= 4 is 5.91 Å². The van der Waals surface area contributed by atoms with Crippen LogP contribution >= 0.6 is 0 Å². The number of halogens is 1. The summed E-state index contributed by atoms with van der Waals surface area (Å²) >= 11 is 0. The smallest absolute Gasteiger partial charge is 0.223 e. The molecule has 4 rings (SSSR count). The van der Waals surface area contributed by atoms with Gasteiger partial charge in [0.05, 0.1) is 6.61 Å². The third-order valence-electron chi connectivity index (χ3n) is 6.26. The minimum atomic E-state index is -0.219. The highest BCUT2D eigenvalue weighted by Gasteiger charge is 2.46. The van der Waals surface area contributed by atoms with Crippen molar-refractivity contribution < 1.29 is 18.7 Å². The van der Waals surface area contributed by atoms with Crippen LogP contribution in [0.2, 0.25) is 0 Å². The number of ether oxygens (including phenoxy) is 2.